The number of carbonyl (C=O) groups excluding carboxylic acids is 3. The van der Waals surface area contributed by atoms with Gasteiger partial charge in [0.05, 0.1) is 34.7 Å². The van der Waals surface area contributed by atoms with Gasteiger partial charge in [0.1, 0.15) is 0 Å². The Hall–Kier alpha value is -2.88. The number of thiazole rings is 1. The Bertz CT molecular complexity index is 1530. The number of ether oxygens (including phenoxy) is 1. The van der Waals surface area contributed by atoms with E-state index in [0.29, 0.717) is 16.3 Å². The molecule has 1 saturated heterocycles. The van der Waals surface area contributed by atoms with Gasteiger partial charge in [-0.1, -0.05) is 35.1 Å². The standard InChI is InChI=1S/C28H23ClN2O5S2/c1-2-36-27(34)13-5-9-15(10-6-13)31-25(32)20-16-11-17(21(20)26(31)33)22-19(16)18(12-3-7-14(29)8-4-12)23-24(37-22)30-28(35)38-23/h3-10,16-22H,2,11H2,1H3,(H,30,35)/t16?,17?,18?,19?,20?,21-,22+/m1/s1. The Kier molecular flexibility index (Phi) is 5.62. The molecular weight excluding hydrogens is 544 g/mol. The number of esters is 1. The van der Waals surface area contributed by atoms with Crippen molar-refractivity contribution in [2.75, 3.05) is 11.5 Å². The van der Waals surface area contributed by atoms with E-state index in [-0.39, 0.29) is 64.1 Å². The van der Waals surface area contributed by atoms with Gasteiger partial charge in [0, 0.05) is 21.1 Å². The first-order chi connectivity index (χ1) is 18.4. The molecule has 7 rings (SSSR count). The van der Waals surface area contributed by atoms with Gasteiger partial charge in [-0.05, 0) is 73.1 Å². The Morgan fingerprint density at radius 1 is 1.03 bits per heavy atom. The van der Waals surface area contributed by atoms with Crippen molar-refractivity contribution in [2.45, 2.75) is 29.5 Å². The van der Waals surface area contributed by atoms with Crippen LogP contribution in [0.4, 0.5) is 5.69 Å². The summed E-state index contributed by atoms with van der Waals surface area (Å²) in [5, 5.41) is 1.66. The monoisotopic (exact) mass is 566 g/mol. The zero-order chi connectivity index (χ0) is 26.3. The number of H-pyrrole nitrogens is 1. The molecule has 3 aromatic rings. The van der Waals surface area contributed by atoms with Crippen LogP contribution in [0.3, 0.4) is 0 Å². The van der Waals surface area contributed by atoms with Crippen LogP contribution in [0, 0.1) is 29.6 Å². The quantitative estimate of drug-likeness (QED) is 0.355. The number of aromatic amines is 1. The van der Waals surface area contributed by atoms with E-state index in [0.717, 1.165) is 21.9 Å². The lowest BCUT2D eigenvalue weighted by atomic mass is 9.68. The first kappa shape index (κ1) is 24.2. The summed E-state index contributed by atoms with van der Waals surface area (Å²) in [6, 6.07) is 14.2. The average Bonchev–Trinajstić information content (AvgIpc) is 3.64. The van der Waals surface area contributed by atoms with Gasteiger partial charge in [0.2, 0.25) is 11.8 Å². The van der Waals surface area contributed by atoms with Crippen LogP contribution in [-0.4, -0.2) is 34.6 Å². The summed E-state index contributed by atoms with van der Waals surface area (Å²) in [4.78, 5) is 57.3. The third-order valence-corrected chi connectivity index (χ3v) is 11.4. The van der Waals surface area contributed by atoms with E-state index >= 15 is 0 Å². The fourth-order valence-corrected chi connectivity index (χ4v) is 10.3. The second-order valence-corrected chi connectivity index (χ2v) is 12.9. The molecule has 5 unspecified atom stereocenters. The maximum absolute atomic E-state index is 13.9. The average molecular weight is 567 g/mol. The first-order valence-corrected chi connectivity index (χ1v) is 14.7. The molecule has 4 aliphatic rings. The molecule has 2 saturated carbocycles. The number of imide groups is 1. The normalized spacial score (nSPS) is 30.8. The molecule has 194 valence electrons. The van der Waals surface area contributed by atoms with Crippen molar-refractivity contribution >= 4 is 58.2 Å². The number of rotatable bonds is 4. The summed E-state index contributed by atoms with van der Waals surface area (Å²) in [6.45, 7) is 2.01. The number of thioether (sulfide) groups is 1. The largest absolute Gasteiger partial charge is 0.462 e. The van der Waals surface area contributed by atoms with Gasteiger partial charge in [-0.2, -0.15) is 0 Å². The number of anilines is 1. The highest BCUT2D eigenvalue weighted by atomic mass is 35.5. The Balaban J connectivity index is 1.25. The van der Waals surface area contributed by atoms with Crippen molar-refractivity contribution in [3.05, 3.63) is 79.2 Å². The smallest absolute Gasteiger partial charge is 0.338 e. The van der Waals surface area contributed by atoms with Crippen LogP contribution in [0.5, 0.6) is 0 Å². The molecule has 7 nitrogen and oxygen atoms in total. The Morgan fingerprint density at radius 2 is 1.71 bits per heavy atom. The SMILES string of the molecule is CCOC(=O)c1ccc(N2C(=O)C3C4CC([C@@H]5Sc6[nH]c(=O)sc6C(c6ccc(Cl)cc6)C45)[C@H]3C2=O)cc1. The molecule has 7 atom stereocenters. The summed E-state index contributed by atoms with van der Waals surface area (Å²) in [5.74, 6) is -1.34. The molecule has 1 aromatic heterocycles. The van der Waals surface area contributed by atoms with E-state index in [1.165, 1.54) is 16.2 Å². The Labute approximate surface area is 231 Å². The topological polar surface area (TPSA) is 96.5 Å². The molecule has 0 radical (unpaired) electrons. The zero-order valence-electron chi connectivity index (χ0n) is 20.3. The maximum atomic E-state index is 13.9. The van der Waals surface area contributed by atoms with Crippen molar-refractivity contribution in [3.63, 3.8) is 0 Å². The van der Waals surface area contributed by atoms with Crippen LogP contribution in [0.15, 0.2) is 58.4 Å². The lowest BCUT2D eigenvalue weighted by Crippen LogP contribution is -2.42. The lowest BCUT2D eigenvalue weighted by Gasteiger charge is -2.43. The van der Waals surface area contributed by atoms with Gasteiger partial charge in [0.25, 0.3) is 0 Å². The maximum Gasteiger partial charge on any atom is 0.338 e. The highest BCUT2D eigenvalue weighted by molar-refractivity contribution is 8.00. The molecule has 2 aliphatic heterocycles. The van der Waals surface area contributed by atoms with E-state index < -0.39 is 5.97 Å². The lowest BCUT2D eigenvalue weighted by molar-refractivity contribution is -0.123. The molecule has 2 aliphatic carbocycles. The van der Waals surface area contributed by atoms with Gasteiger partial charge in [-0.3, -0.25) is 19.3 Å². The van der Waals surface area contributed by atoms with Crippen LogP contribution in [0.2, 0.25) is 5.02 Å². The highest BCUT2D eigenvalue weighted by Crippen LogP contribution is 2.68. The van der Waals surface area contributed by atoms with Gasteiger partial charge in [-0.15, -0.1) is 11.8 Å². The molecule has 38 heavy (non-hydrogen) atoms. The second kappa shape index (κ2) is 8.83. The van der Waals surface area contributed by atoms with Crippen molar-refractivity contribution in [1.82, 2.24) is 4.98 Å². The van der Waals surface area contributed by atoms with Crippen molar-refractivity contribution in [1.29, 1.82) is 0 Å². The number of fused-ring (bicyclic) bond motifs is 9. The fourth-order valence-electron chi connectivity index (χ4n) is 7.28. The number of hydrogen-bond donors (Lipinski definition) is 1. The molecule has 0 spiro atoms. The zero-order valence-corrected chi connectivity index (χ0v) is 22.6. The molecule has 10 heteroatoms. The Morgan fingerprint density at radius 3 is 2.39 bits per heavy atom. The summed E-state index contributed by atoms with van der Waals surface area (Å²) in [7, 11) is 0. The first-order valence-electron chi connectivity index (χ1n) is 12.7. The number of halogens is 1. The fraction of sp³-hybridized carbons (Fsp3) is 0.357. The molecule has 3 fully saturated rings. The van der Waals surface area contributed by atoms with Gasteiger partial charge < -0.3 is 9.72 Å². The molecule has 3 heterocycles. The van der Waals surface area contributed by atoms with Gasteiger partial charge in [0.15, 0.2) is 0 Å². The minimum atomic E-state index is -0.437. The minimum absolute atomic E-state index is 0.0331. The number of nitrogens with one attached hydrogen (secondary N) is 1. The predicted octanol–water partition coefficient (Wildman–Crippen LogP) is 4.94. The molecular formula is C28H23ClN2O5S2. The van der Waals surface area contributed by atoms with Crippen LogP contribution >= 0.6 is 34.7 Å². The van der Waals surface area contributed by atoms with E-state index in [2.05, 4.69) is 4.98 Å². The third kappa shape index (κ3) is 3.41. The van der Waals surface area contributed by atoms with E-state index in [1.54, 1.807) is 43.0 Å². The summed E-state index contributed by atoms with van der Waals surface area (Å²) >= 11 is 9.09. The number of hydrogen-bond acceptors (Lipinski definition) is 7. The minimum Gasteiger partial charge on any atom is -0.462 e. The van der Waals surface area contributed by atoms with Crippen LogP contribution < -0.4 is 9.77 Å². The van der Waals surface area contributed by atoms with Crippen LogP contribution in [-0.2, 0) is 14.3 Å². The number of amides is 2. The van der Waals surface area contributed by atoms with Crippen molar-refractivity contribution < 1.29 is 19.1 Å². The van der Waals surface area contributed by atoms with E-state index in [4.69, 9.17) is 16.3 Å². The molecule has 2 bridgehead atoms. The van der Waals surface area contributed by atoms with Gasteiger partial charge >= 0.3 is 10.8 Å². The summed E-state index contributed by atoms with van der Waals surface area (Å²) in [5.41, 5.74) is 1.94. The van der Waals surface area contributed by atoms with Gasteiger partial charge in [-0.25, -0.2) is 4.79 Å². The van der Waals surface area contributed by atoms with Crippen LogP contribution in [0.1, 0.15) is 40.1 Å². The second-order valence-electron chi connectivity index (χ2n) is 10.3. The number of aromatic nitrogens is 1. The van der Waals surface area contributed by atoms with E-state index in [1.807, 2.05) is 24.3 Å². The molecule has 2 amide bonds. The highest BCUT2D eigenvalue weighted by Gasteiger charge is 2.69. The third-order valence-electron chi connectivity index (χ3n) is 8.59. The molecule has 1 N–H and O–H groups in total. The predicted molar refractivity (Wildman–Crippen MR) is 145 cm³/mol. The van der Waals surface area contributed by atoms with E-state index in [9.17, 15) is 19.2 Å². The van der Waals surface area contributed by atoms with Crippen molar-refractivity contribution in [2.24, 2.45) is 29.6 Å². The summed E-state index contributed by atoms with van der Waals surface area (Å²) in [6.07, 6.45) is 0.827. The molecule has 2 aromatic carbocycles. The van der Waals surface area contributed by atoms with Crippen LogP contribution in [0.25, 0.3) is 0 Å². The number of carbonyl (C=O) groups is 3. The summed E-state index contributed by atoms with van der Waals surface area (Å²) < 4.78 is 5.05. The number of nitrogens with zero attached hydrogens (tertiary/aromatic N) is 1. The number of benzene rings is 2. The van der Waals surface area contributed by atoms with Crippen molar-refractivity contribution in [3.8, 4) is 0 Å².